The average molecular weight is 339 g/mol. The van der Waals surface area contributed by atoms with Crippen molar-refractivity contribution in [1.82, 2.24) is 14.5 Å². The Morgan fingerprint density at radius 3 is 3.04 bits per heavy atom. The van der Waals surface area contributed by atoms with Crippen LogP contribution in [0.2, 0.25) is 0 Å². The molecule has 1 saturated heterocycles. The van der Waals surface area contributed by atoms with Crippen LogP contribution in [-0.4, -0.2) is 48.4 Å². The number of fused-ring (bicyclic) bond motifs is 1. The maximum absolute atomic E-state index is 11.9. The van der Waals surface area contributed by atoms with E-state index in [1.54, 1.807) is 19.2 Å². The molecule has 2 unspecified atom stereocenters. The van der Waals surface area contributed by atoms with E-state index in [4.69, 9.17) is 22.1 Å². The van der Waals surface area contributed by atoms with Gasteiger partial charge in [0.05, 0.1) is 12.0 Å². The second-order valence-corrected chi connectivity index (χ2v) is 5.83. The van der Waals surface area contributed by atoms with Crippen LogP contribution in [0.5, 0.6) is 0 Å². The molecule has 0 saturated carbocycles. The van der Waals surface area contributed by atoms with Crippen molar-refractivity contribution in [3.63, 3.8) is 0 Å². The fourth-order valence-corrected chi connectivity index (χ4v) is 3.13. The number of hydrogen-bond acceptors (Lipinski definition) is 6. The van der Waals surface area contributed by atoms with Crippen LogP contribution in [0.25, 0.3) is 11.0 Å². The number of nitrogens with two attached hydrogens (primary N) is 1. The standard InChI is InChI=1S/C14H15ClN4O4/c1-2-4-14(15)9(21)8(6-20)23-12(14)19-5-3-7-10(19)17-13(16)18-11(7)22/h3,5,8-9,12,20-21H,6H2,1H3,(H3,16,17,18,22)/t8-,9?,12-,14?/m1/s1. The highest BCUT2D eigenvalue weighted by Gasteiger charge is 2.55. The van der Waals surface area contributed by atoms with Crippen LogP contribution in [0.3, 0.4) is 0 Å². The molecule has 8 nitrogen and oxygen atoms in total. The third kappa shape index (κ3) is 2.29. The van der Waals surface area contributed by atoms with Crippen molar-refractivity contribution >= 4 is 28.6 Å². The minimum atomic E-state index is -1.49. The molecular weight excluding hydrogens is 324 g/mol. The summed E-state index contributed by atoms with van der Waals surface area (Å²) in [6.45, 7) is 1.15. The van der Waals surface area contributed by atoms with E-state index in [9.17, 15) is 15.0 Å². The lowest BCUT2D eigenvalue weighted by Crippen LogP contribution is -2.41. The minimum Gasteiger partial charge on any atom is -0.394 e. The lowest BCUT2D eigenvalue weighted by atomic mass is 9.99. The van der Waals surface area contributed by atoms with Gasteiger partial charge in [0.1, 0.15) is 12.2 Å². The summed E-state index contributed by atoms with van der Waals surface area (Å²) in [5.74, 6) is 5.33. The lowest BCUT2D eigenvalue weighted by Gasteiger charge is -2.25. The summed E-state index contributed by atoms with van der Waals surface area (Å²) in [6.07, 6.45) is -1.52. The molecule has 9 heteroatoms. The zero-order valence-electron chi connectivity index (χ0n) is 12.2. The van der Waals surface area contributed by atoms with Crippen LogP contribution >= 0.6 is 11.6 Å². The number of aromatic amines is 1. The van der Waals surface area contributed by atoms with E-state index in [0.29, 0.717) is 5.39 Å². The molecule has 1 fully saturated rings. The van der Waals surface area contributed by atoms with Crippen LogP contribution in [0, 0.1) is 11.8 Å². The number of nitrogens with zero attached hydrogens (tertiary/aromatic N) is 2. The number of anilines is 1. The van der Waals surface area contributed by atoms with Gasteiger partial charge in [-0.15, -0.1) is 5.92 Å². The first-order valence-corrected chi connectivity index (χ1v) is 7.23. The van der Waals surface area contributed by atoms with Gasteiger partial charge in [0.2, 0.25) is 5.95 Å². The van der Waals surface area contributed by atoms with Crippen molar-refractivity contribution in [3.05, 3.63) is 22.6 Å². The molecule has 0 aliphatic carbocycles. The molecule has 0 spiro atoms. The smallest absolute Gasteiger partial charge is 0.261 e. The first kappa shape index (κ1) is 15.8. The number of aliphatic hydroxyl groups is 2. The summed E-state index contributed by atoms with van der Waals surface area (Å²) in [5, 5.41) is 20.0. The Hall–Kier alpha value is -2.05. The number of nitrogens with one attached hydrogen (secondary N) is 1. The number of aromatic nitrogens is 3. The van der Waals surface area contributed by atoms with Crippen molar-refractivity contribution in [2.24, 2.45) is 0 Å². The Morgan fingerprint density at radius 2 is 2.39 bits per heavy atom. The highest BCUT2D eigenvalue weighted by molar-refractivity contribution is 6.27. The number of H-pyrrole nitrogens is 1. The molecule has 3 heterocycles. The van der Waals surface area contributed by atoms with Crippen LogP contribution < -0.4 is 11.3 Å². The molecule has 3 rings (SSSR count). The second kappa shape index (κ2) is 5.54. The highest BCUT2D eigenvalue weighted by atomic mass is 35.5. The predicted molar refractivity (Wildman–Crippen MR) is 83.8 cm³/mol. The topological polar surface area (TPSA) is 126 Å². The first-order chi connectivity index (χ1) is 10.9. The Labute approximate surface area is 135 Å². The quantitative estimate of drug-likeness (QED) is 0.434. The number of rotatable bonds is 2. The van der Waals surface area contributed by atoms with Crippen molar-refractivity contribution in [2.75, 3.05) is 12.3 Å². The van der Waals surface area contributed by atoms with E-state index in [1.165, 1.54) is 4.57 Å². The predicted octanol–water partition coefficient (Wildman–Crippen LogP) is -0.442. The van der Waals surface area contributed by atoms with Crippen molar-refractivity contribution in [1.29, 1.82) is 0 Å². The van der Waals surface area contributed by atoms with Gasteiger partial charge in [0.15, 0.2) is 16.7 Å². The van der Waals surface area contributed by atoms with E-state index in [1.807, 2.05) is 0 Å². The second-order valence-electron chi connectivity index (χ2n) is 5.21. The van der Waals surface area contributed by atoms with Gasteiger partial charge in [-0.2, -0.15) is 4.98 Å². The third-order valence-corrected chi connectivity index (χ3v) is 4.30. The molecule has 0 radical (unpaired) electrons. The molecule has 1 aliphatic heterocycles. The molecule has 4 atom stereocenters. The van der Waals surface area contributed by atoms with Gasteiger partial charge in [-0.05, 0) is 13.0 Å². The molecule has 5 N–H and O–H groups in total. The number of alkyl halides is 1. The molecular formula is C14H15ClN4O4. The number of ether oxygens (including phenoxy) is 1. The monoisotopic (exact) mass is 338 g/mol. The van der Waals surface area contributed by atoms with Crippen LogP contribution in [-0.2, 0) is 4.74 Å². The van der Waals surface area contributed by atoms with Gasteiger partial charge in [-0.25, -0.2) is 0 Å². The summed E-state index contributed by atoms with van der Waals surface area (Å²) in [4.78, 5) is 16.9. The fourth-order valence-electron chi connectivity index (χ4n) is 2.74. The SMILES string of the molecule is CC#CC1(Cl)C(O)[C@@H](CO)O[C@H]1n1ccc2c(=O)[nH]c(N)nc21. The van der Waals surface area contributed by atoms with Crippen molar-refractivity contribution in [3.8, 4) is 11.8 Å². The van der Waals surface area contributed by atoms with Gasteiger partial charge >= 0.3 is 0 Å². The molecule has 0 aromatic carbocycles. The van der Waals surface area contributed by atoms with Gasteiger partial charge in [-0.3, -0.25) is 9.78 Å². The molecule has 1 aliphatic rings. The Balaban J connectivity index is 2.20. The molecule has 0 amide bonds. The van der Waals surface area contributed by atoms with Gasteiger partial charge < -0.3 is 25.3 Å². The Bertz CT molecular complexity index is 867. The van der Waals surface area contributed by atoms with Crippen LogP contribution in [0.15, 0.2) is 17.1 Å². The molecule has 2 aromatic heterocycles. The van der Waals surface area contributed by atoms with Crippen molar-refractivity contribution < 1.29 is 14.9 Å². The van der Waals surface area contributed by atoms with E-state index >= 15 is 0 Å². The third-order valence-electron chi connectivity index (χ3n) is 3.79. The fraction of sp³-hybridized carbons (Fsp3) is 0.429. The van der Waals surface area contributed by atoms with Gasteiger partial charge in [-0.1, -0.05) is 17.5 Å². The number of aliphatic hydroxyl groups excluding tert-OH is 2. The number of hydrogen-bond donors (Lipinski definition) is 4. The van der Waals surface area contributed by atoms with Crippen molar-refractivity contribution in [2.45, 2.75) is 30.2 Å². The normalized spacial score (nSPS) is 30.3. The largest absolute Gasteiger partial charge is 0.394 e. The Kier molecular flexibility index (Phi) is 3.82. The summed E-state index contributed by atoms with van der Waals surface area (Å²) in [5.41, 5.74) is 5.44. The zero-order valence-corrected chi connectivity index (χ0v) is 12.9. The highest BCUT2D eigenvalue weighted by Crippen LogP contribution is 2.44. The summed E-state index contributed by atoms with van der Waals surface area (Å²) >= 11 is 6.51. The van der Waals surface area contributed by atoms with E-state index in [-0.39, 0.29) is 11.6 Å². The summed E-state index contributed by atoms with van der Waals surface area (Å²) < 4.78 is 7.14. The molecule has 2 aromatic rings. The first-order valence-electron chi connectivity index (χ1n) is 6.86. The van der Waals surface area contributed by atoms with E-state index < -0.39 is 35.5 Å². The Morgan fingerprint density at radius 1 is 1.65 bits per heavy atom. The summed E-state index contributed by atoms with van der Waals surface area (Å²) in [7, 11) is 0. The average Bonchev–Trinajstić information content (AvgIpc) is 3.01. The zero-order chi connectivity index (χ0) is 16.8. The van der Waals surface area contributed by atoms with Gasteiger partial charge in [0, 0.05) is 6.20 Å². The van der Waals surface area contributed by atoms with Crippen LogP contribution in [0.1, 0.15) is 13.2 Å². The maximum Gasteiger partial charge on any atom is 0.261 e. The minimum absolute atomic E-state index is 0.0542. The van der Waals surface area contributed by atoms with Crippen LogP contribution in [0.4, 0.5) is 5.95 Å². The molecule has 23 heavy (non-hydrogen) atoms. The summed E-state index contributed by atoms with van der Waals surface area (Å²) in [6, 6.07) is 1.54. The number of nitrogen functional groups attached to an aromatic ring is 1. The van der Waals surface area contributed by atoms with E-state index in [2.05, 4.69) is 21.8 Å². The lowest BCUT2D eigenvalue weighted by molar-refractivity contribution is -0.0435. The van der Waals surface area contributed by atoms with Gasteiger partial charge in [0.25, 0.3) is 5.56 Å². The van der Waals surface area contributed by atoms with E-state index in [0.717, 1.165) is 0 Å². The number of halogens is 1. The molecule has 0 bridgehead atoms. The maximum atomic E-state index is 11.9. The molecule has 122 valence electrons.